The van der Waals surface area contributed by atoms with E-state index in [9.17, 15) is 14.0 Å². The van der Waals surface area contributed by atoms with E-state index in [1.165, 1.54) is 0 Å². The van der Waals surface area contributed by atoms with Gasteiger partial charge in [-0.2, -0.15) is 0 Å². The number of benzene rings is 1. The molecule has 19 heavy (non-hydrogen) atoms. The molecule has 0 aromatic heterocycles. The van der Waals surface area contributed by atoms with Crippen molar-refractivity contribution >= 4 is 11.8 Å². The van der Waals surface area contributed by atoms with E-state index in [1.54, 1.807) is 45.0 Å². The summed E-state index contributed by atoms with van der Waals surface area (Å²) >= 11 is 0. The Morgan fingerprint density at radius 3 is 2.58 bits per heavy atom. The number of halogens is 1. The number of hydrogen-bond acceptors (Lipinski definition) is 3. The summed E-state index contributed by atoms with van der Waals surface area (Å²) in [5.41, 5.74) is -2.30. The SMILES string of the molecule is CC(C)(C)OC(=O)[C@]1(F)CCc2ccccc2C1=O. The third-order valence-electron chi connectivity index (χ3n) is 3.08. The fourth-order valence-corrected chi connectivity index (χ4v) is 2.15. The molecule has 0 spiro atoms. The first-order valence-electron chi connectivity index (χ1n) is 6.29. The summed E-state index contributed by atoms with van der Waals surface area (Å²) in [6.07, 6.45) is 0.204. The van der Waals surface area contributed by atoms with Crippen molar-refractivity contribution in [2.75, 3.05) is 0 Å². The van der Waals surface area contributed by atoms with Crippen molar-refractivity contribution in [3.8, 4) is 0 Å². The topological polar surface area (TPSA) is 43.4 Å². The molecule has 0 amide bonds. The van der Waals surface area contributed by atoms with Gasteiger partial charge in [-0.05, 0) is 32.8 Å². The van der Waals surface area contributed by atoms with Gasteiger partial charge in [-0.3, -0.25) is 4.79 Å². The highest BCUT2D eigenvalue weighted by atomic mass is 19.1. The minimum atomic E-state index is -2.55. The summed E-state index contributed by atoms with van der Waals surface area (Å²) in [5.74, 6) is -1.87. The number of esters is 1. The minimum Gasteiger partial charge on any atom is -0.457 e. The second-order valence-corrected chi connectivity index (χ2v) is 5.79. The van der Waals surface area contributed by atoms with Crippen LogP contribution >= 0.6 is 0 Å². The van der Waals surface area contributed by atoms with Crippen LogP contribution in [-0.4, -0.2) is 23.0 Å². The number of fused-ring (bicyclic) bond motifs is 1. The number of ether oxygens (including phenoxy) is 1. The first kappa shape index (κ1) is 13.7. The van der Waals surface area contributed by atoms with E-state index < -0.39 is 23.0 Å². The fraction of sp³-hybridized carbons (Fsp3) is 0.467. The highest BCUT2D eigenvalue weighted by Gasteiger charge is 2.51. The Morgan fingerprint density at radius 1 is 1.32 bits per heavy atom. The van der Waals surface area contributed by atoms with Crippen molar-refractivity contribution in [1.29, 1.82) is 0 Å². The molecule has 0 heterocycles. The molecule has 1 aromatic carbocycles. The van der Waals surface area contributed by atoms with E-state index in [2.05, 4.69) is 0 Å². The van der Waals surface area contributed by atoms with E-state index in [1.807, 2.05) is 0 Å². The van der Waals surface area contributed by atoms with Crippen LogP contribution in [0.2, 0.25) is 0 Å². The summed E-state index contributed by atoms with van der Waals surface area (Å²) < 4.78 is 19.8. The van der Waals surface area contributed by atoms with E-state index in [4.69, 9.17) is 4.74 Å². The van der Waals surface area contributed by atoms with Crippen LogP contribution in [0.15, 0.2) is 24.3 Å². The van der Waals surface area contributed by atoms with Crippen LogP contribution in [0.25, 0.3) is 0 Å². The van der Waals surface area contributed by atoms with Gasteiger partial charge in [0.15, 0.2) is 0 Å². The van der Waals surface area contributed by atoms with Gasteiger partial charge in [-0.25, -0.2) is 9.18 Å². The van der Waals surface area contributed by atoms with Gasteiger partial charge in [-0.15, -0.1) is 0 Å². The van der Waals surface area contributed by atoms with Crippen molar-refractivity contribution in [3.05, 3.63) is 35.4 Å². The molecule has 4 heteroatoms. The highest BCUT2D eigenvalue weighted by Crippen LogP contribution is 2.33. The fourth-order valence-electron chi connectivity index (χ4n) is 2.15. The Bertz CT molecular complexity index is 530. The van der Waals surface area contributed by atoms with Gasteiger partial charge in [0.05, 0.1) is 0 Å². The maximum atomic E-state index is 14.7. The maximum absolute atomic E-state index is 14.7. The number of carbonyl (C=O) groups is 2. The minimum absolute atomic E-state index is 0.155. The second kappa shape index (κ2) is 4.44. The van der Waals surface area contributed by atoms with Crippen molar-refractivity contribution < 1.29 is 18.7 Å². The van der Waals surface area contributed by atoms with Gasteiger partial charge in [0.25, 0.3) is 5.67 Å². The number of rotatable bonds is 1. The molecule has 0 saturated carbocycles. The zero-order valence-electron chi connectivity index (χ0n) is 11.3. The number of carbonyl (C=O) groups excluding carboxylic acids is 2. The van der Waals surface area contributed by atoms with Gasteiger partial charge in [0, 0.05) is 12.0 Å². The molecule has 3 nitrogen and oxygen atoms in total. The van der Waals surface area contributed by atoms with Crippen LogP contribution in [-0.2, 0) is 16.0 Å². The number of alkyl halides is 1. The Hall–Kier alpha value is -1.71. The van der Waals surface area contributed by atoms with E-state index in [-0.39, 0.29) is 12.0 Å². The standard InChI is InChI=1S/C15H17FO3/c1-14(2,3)19-13(18)15(16)9-8-10-6-4-5-7-11(10)12(15)17/h4-7H,8-9H2,1-3H3/t15-/m0/s1. The Morgan fingerprint density at radius 2 is 1.95 bits per heavy atom. The van der Waals surface area contributed by atoms with Crippen molar-refractivity contribution in [2.45, 2.75) is 44.9 Å². The first-order chi connectivity index (χ1) is 8.74. The van der Waals surface area contributed by atoms with Gasteiger partial charge in [0.1, 0.15) is 5.60 Å². The van der Waals surface area contributed by atoms with Crippen molar-refractivity contribution in [1.82, 2.24) is 0 Å². The lowest BCUT2D eigenvalue weighted by Crippen LogP contribution is -2.48. The lowest BCUT2D eigenvalue weighted by Gasteiger charge is -2.30. The molecule has 1 aliphatic carbocycles. The van der Waals surface area contributed by atoms with E-state index >= 15 is 0 Å². The van der Waals surface area contributed by atoms with Crippen LogP contribution in [0.4, 0.5) is 4.39 Å². The summed E-state index contributed by atoms with van der Waals surface area (Å²) in [4.78, 5) is 24.1. The molecule has 2 rings (SSSR count). The van der Waals surface area contributed by atoms with Crippen molar-refractivity contribution in [3.63, 3.8) is 0 Å². The van der Waals surface area contributed by atoms with Crippen LogP contribution in [0.3, 0.4) is 0 Å². The molecular formula is C15H17FO3. The lowest BCUT2D eigenvalue weighted by atomic mass is 9.80. The predicted octanol–water partition coefficient (Wildman–Crippen LogP) is 2.87. The first-order valence-corrected chi connectivity index (χ1v) is 6.29. The molecule has 0 unspecified atom stereocenters. The van der Waals surface area contributed by atoms with E-state index in [0.717, 1.165) is 5.56 Å². The summed E-state index contributed by atoms with van der Waals surface area (Å²) in [5, 5.41) is 0. The average Bonchev–Trinajstić information content (AvgIpc) is 2.32. The zero-order chi connectivity index (χ0) is 14.3. The van der Waals surface area contributed by atoms with Crippen LogP contribution in [0, 0.1) is 0 Å². The van der Waals surface area contributed by atoms with Gasteiger partial charge >= 0.3 is 5.97 Å². The quantitative estimate of drug-likeness (QED) is 0.578. The molecule has 1 aliphatic rings. The molecule has 0 radical (unpaired) electrons. The molecule has 102 valence electrons. The molecule has 0 N–H and O–H groups in total. The van der Waals surface area contributed by atoms with Gasteiger partial charge in [0.2, 0.25) is 5.78 Å². The molecule has 0 saturated heterocycles. The summed E-state index contributed by atoms with van der Waals surface area (Å²) in [6, 6.07) is 6.79. The molecule has 0 bridgehead atoms. The predicted molar refractivity (Wildman–Crippen MR) is 68.8 cm³/mol. The normalized spacial score (nSPS) is 22.8. The third kappa shape index (κ3) is 2.53. The monoisotopic (exact) mass is 264 g/mol. The second-order valence-electron chi connectivity index (χ2n) is 5.79. The summed E-state index contributed by atoms with van der Waals surface area (Å²) in [7, 11) is 0. The molecular weight excluding hydrogens is 247 g/mol. The average molecular weight is 264 g/mol. The summed E-state index contributed by atoms with van der Waals surface area (Å²) in [6.45, 7) is 4.94. The zero-order valence-corrected chi connectivity index (χ0v) is 11.3. The molecule has 0 aliphatic heterocycles. The maximum Gasteiger partial charge on any atom is 0.352 e. The number of hydrogen-bond donors (Lipinski definition) is 0. The van der Waals surface area contributed by atoms with Gasteiger partial charge < -0.3 is 4.74 Å². The van der Waals surface area contributed by atoms with Crippen molar-refractivity contribution in [2.24, 2.45) is 0 Å². The largest absolute Gasteiger partial charge is 0.457 e. The lowest BCUT2D eigenvalue weighted by molar-refractivity contribution is -0.166. The Labute approximate surface area is 111 Å². The van der Waals surface area contributed by atoms with Crippen LogP contribution < -0.4 is 0 Å². The van der Waals surface area contributed by atoms with E-state index in [0.29, 0.717) is 6.42 Å². The number of aryl methyl sites for hydroxylation is 1. The highest BCUT2D eigenvalue weighted by molar-refractivity contribution is 6.16. The number of Topliss-reactive ketones (excluding diaryl/α,β-unsaturated/α-hetero) is 1. The molecule has 1 aromatic rings. The molecule has 0 fully saturated rings. The molecule has 1 atom stereocenters. The van der Waals surface area contributed by atoms with Gasteiger partial charge in [-0.1, -0.05) is 24.3 Å². The van der Waals surface area contributed by atoms with Crippen LogP contribution in [0.1, 0.15) is 43.1 Å². The third-order valence-corrected chi connectivity index (χ3v) is 3.08. The number of ketones is 1. The Kier molecular flexibility index (Phi) is 3.20. The van der Waals surface area contributed by atoms with Crippen LogP contribution in [0.5, 0.6) is 0 Å². The Balaban J connectivity index is 2.32. The smallest absolute Gasteiger partial charge is 0.352 e.